The first-order chi connectivity index (χ1) is 5.89. The minimum atomic E-state index is 0.319. The van der Waals surface area contributed by atoms with E-state index in [1.807, 2.05) is 0 Å². The highest BCUT2D eigenvalue weighted by atomic mass is 15.2. The van der Waals surface area contributed by atoms with Crippen LogP contribution in [-0.4, -0.2) is 35.6 Å². The van der Waals surface area contributed by atoms with Gasteiger partial charge in [0.25, 0.3) is 0 Å². The Kier molecular flexibility index (Phi) is 3.36. The molecule has 0 bridgehead atoms. The summed E-state index contributed by atoms with van der Waals surface area (Å²) in [6.07, 6.45) is 1.27. The normalized spacial score (nSPS) is 33.0. The van der Waals surface area contributed by atoms with Crippen LogP contribution in [-0.2, 0) is 0 Å². The van der Waals surface area contributed by atoms with E-state index in [-0.39, 0.29) is 0 Å². The molecule has 2 unspecified atom stereocenters. The molecule has 0 aromatic carbocycles. The van der Waals surface area contributed by atoms with Gasteiger partial charge in [0, 0.05) is 30.7 Å². The Morgan fingerprint density at radius 2 is 1.77 bits per heavy atom. The van der Waals surface area contributed by atoms with Crippen molar-refractivity contribution in [1.82, 2.24) is 10.2 Å². The molecular formula is C11H24N2. The molecule has 0 aromatic heterocycles. The zero-order valence-corrected chi connectivity index (χ0v) is 9.72. The summed E-state index contributed by atoms with van der Waals surface area (Å²) in [6, 6.07) is 1.29. The molecule has 1 N–H and O–H groups in total. The lowest BCUT2D eigenvalue weighted by molar-refractivity contribution is 0.136. The van der Waals surface area contributed by atoms with Gasteiger partial charge in [-0.3, -0.25) is 4.90 Å². The first-order valence-electron chi connectivity index (χ1n) is 5.40. The second-order valence-corrected chi connectivity index (χ2v) is 5.37. The highest BCUT2D eigenvalue weighted by Gasteiger charge is 2.26. The molecule has 0 aromatic rings. The molecule has 0 aliphatic carbocycles. The van der Waals surface area contributed by atoms with Crippen molar-refractivity contribution in [2.24, 2.45) is 0 Å². The van der Waals surface area contributed by atoms with Crippen molar-refractivity contribution in [2.45, 2.75) is 58.7 Å². The summed E-state index contributed by atoms with van der Waals surface area (Å²) in [5.74, 6) is 0. The summed E-state index contributed by atoms with van der Waals surface area (Å²) in [6.45, 7) is 13.9. The van der Waals surface area contributed by atoms with Gasteiger partial charge in [-0.1, -0.05) is 0 Å². The third-order valence-electron chi connectivity index (χ3n) is 2.84. The molecule has 1 saturated heterocycles. The molecular weight excluding hydrogens is 160 g/mol. The number of nitrogens with zero attached hydrogens (tertiary/aromatic N) is 1. The van der Waals surface area contributed by atoms with Crippen molar-refractivity contribution in [2.75, 3.05) is 13.1 Å². The third-order valence-corrected chi connectivity index (χ3v) is 2.84. The quantitative estimate of drug-likeness (QED) is 0.618. The second kappa shape index (κ2) is 3.97. The van der Waals surface area contributed by atoms with Crippen LogP contribution in [0.15, 0.2) is 0 Å². The minimum absolute atomic E-state index is 0.319. The zero-order valence-electron chi connectivity index (χ0n) is 9.72. The molecule has 1 rings (SSSR count). The zero-order chi connectivity index (χ0) is 10.1. The number of nitrogens with one attached hydrogen (secondary N) is 1. The van der Waals surface area contributed by atoms with Gasteiger partial charge in [-0.25, -0.2) is 0 Å². The fourth-order valence-electron chi connectivity index (χ4n) is 2.00. The lowest BCUT2D eigenvalue weighted by Gasteiger charge is -2.35. The van der Waals surface area contributed by atoms with Crippen LogP contribution in [0.5, 0.6) is 0 Å². The van der Waals surface area contributed by atoms with Crippen molar-refractivity contribution in [3.63, 3.8) is 0 Å². The Morgan fingerprint density at radius 1 is 1.15 bits per heavy atom. The van der Waals surface area contributed by atoms with Gasteiger partial charge in [0.15, 0.2) is 0 Å². The number of hydrogen-bond donors (Lipinski definition) is 1. The van der Waals surface area contributed by atoms with Gasteiger partial charge < -0.3 is 5.32 Å². The summed E-state index contributed by atoms with van der Waals surface area (Å²) in [5.41, 5.74) is 0.319. The highest BCUT2D eigenvalue weighted by molar-refractivity contribution is 4.84. The highest BCUT2D eigenvalue weighted by Crippen LogP contribution is 2.17. The van der Waals surface area contributed by atoms with Crippen molar-refractivity contribution in [1.29, 1.82) is 0 Å². The molecule has 1 aliphatic rings. The van der Waals surface area contributed by atoms with Crippen LogP contribution in [0.1, 0.15) is 41.0 Å². The van der Waals surface area contributed by atoms with E-state index >= 15 is 0 Å². The van der Waals surface area contributed by atoms with E-state index in [0.29, 0.717) is 17.6 Å². The maximum Gasteiger partial charge on any atom is 0.0169 e. The molecule has 2 heteroatoms. The third kappa shape index (κ3) is 3.28. The molecule has 0 radical (unpaired) electrons. The summed E-state index contributed by atoms with van der Waals surface area (Å²) >= 11 is 0. The van der Waals surface area contributed by atoms with Crippen LogP contribution >= 0.6 is 0 Å². The van der Waals surface area contributed by atoms with Gasteiger partial charge in [-0.15, -0.1) is 0 Å². The van der Waals surface area contributed by atoms with Gasteiger partial charge in [0.05, 0.1) is 0 Å². The molecule has 0 amide bonds. The Labute approximate surface area is 82.7 Å². The second-order valence-electron chi connectivity index (χ2n) is 5.37. The van der Waals surface area contributed by atoms with E-state index < -0.39 is 0 Å². The van der Waals surface area contributed by atoms with Crippen LogP contribution < -0.4 is 5.32 Å². The maximum absolute atomic E-state index is 3.60. The lowest BCUT2D eigenvalue weighted by Crippen LogP contribution is -2.46. The van der Waals surface area contributed by atoms with Crippen molar-refractivity contribution < 1.29 is 0 Å². The van der Waals surface area contributed by atoms with Crippen molar-refractivity contribution in [3.8, 4) is 0 Å². The molecule has 1 fully saturated rings. The molecule has 0 spiro atoms. The van der Waals surface area contributed by atoms with Crippen molar-refractivity contribution >= 4 is 0 Å². The largest absolute Gasteiger partial charge is 0.310 e. The Bertz CT molecular complexity index is 160. The topological polar surface area (TPSA) is 15.3 Å². The standard InChI is InChI=1S/C11H24N2/c1-9-6-7-13(11(3,4)5)8-10(2)12-9/h9-10,12H,6-8H2,1-5H3. The SMILES string of the molecule is CC1CCN(C(C)(C)C)CC(C)N1. The summed E-state index contributed by atoms with van der Waals surface area (Å²) in [5, 5.41) is 3.60. The maximum atomic E-state index is 3.60. The monoisotopic (exact) mass is 184 g/mol. The fraction of sp³-hybridized carbons (Fsp3) is 1.00. The van der Waals surface area contributed by atoms with Crippen LogP contribution in [0.2, 0.25) is 0 Å². The van der Waals surface area contributed by atoms with E-state index in [0.717, 1.165) is 0 Å². The average Bonchev–Trinajstić information content (AvgIpc) is 2.09. The predicted molar refractivity (Wildman–Crippen MR) is 58.0 cm³/mol. The Balaban J connectivity index is 2.58. The van der Waals surface area contributed by atoms with Crippen LogP contribution in [0.25, 0.3) is 0 Å². The molecule has 0 saturated carbocycles. The predicted octanol–water partition coefficient (Wildman–Crippen LogP) is 1.86. The molecule has 1 aliphatic heterocycles. The van der Waals surface area contributed by atoms with E-state index in [1.165, 1.54) is 19.5 Å². The average molecular weight is 184 g/mol. The van der Waals surface area contributed by atoms with Crippen LogP contribution in [0.4, 0.5) is 0 Å². The Morgan fingerprint density at radius 3 is 2.31 bits per heavy atom. The Hall–Kier alpha value is -0.0800. The minimum Gasteiger partial charge on any atom is -0.310 e. The number of hydrogen-bond acceptors (Lipinski definition) is 2. The van der Waals surface area contributed by atoms with Crippen LogP contribution in [0.3, 0.4) is 0 Å². The van der Waals surface area contributed by atoms with E-state index in [9.17, 15) is 0 Å². The van der Waals surface area contributed by atoms with E-state index in [1.54, 1.807) is 0 Å². The van der Waals surface area contributed by atoms with Crippen LogP contribution in [0, 0.1) is 0 Å². The molecule has 1 heterocycles. The first-order valence-corrected chi connectivity index (χ1v) is 5.40. The van der Waals surface area contributed by atoms with Gasteiger partial charge in [0.2, 0.25) is 0 Å². The van der Waals surface area contributed by atoms with Gasteiger partial charge in [-0.05, 0) is 41.0 Å². The van der Waals surface area contributed by atoms with Gasteiger partial charge >= 0.3 is 0 Å². The first kappa shape index (κ1) is 11.0. The molecule has 2 nitrogen and oxygen atoms in total. The summed E-state index contributed by atoms with van der Waals surface area (Å²) < 4.78 is 0. The van der Waals surface area contributed by atoms with Crippen molar-refractivity contribution in [3.05, 3.63) is 0 Å². The smallest absolute Gasteiger partial charge is 0.0169 e. The van der Waals surface area contributed by atoms with Gasteiger partial charge in [0.1, 0.15) is 0 Å². The lowest BCUT2D eigenvalue weighted by atomic mass is 10.1. The summed E-state index contributed by atoms with van der Waals surface area (Å²) in [7, 11) is 0. The summed E-state index contributed by atoms with van der Waals surface area (Å²) in [4.78, 5) is 2.58. The molecule has 78 valence electrons. The van der Waals surface area contributed by atoms with E-state index in [2.05, 4.69) is 44.8 Å². The molecule has 13 heavy (non-hydrogen) atoms. The molecule has 2 atom stereocenters. The fourth-order valence-corrected chi connectivity index (χ4v) is 2.00. The van der Waals surface area contributed by atoms with Gasteiger partial charge in [-0.2, -0.15) is 0 Å². The number of rotatable bonds is 0. The van der Waals surface area contributed by atoms with E-state index in [4.69, 9.17) is 0 Å².